The van der Waals surface area contributed by atoms with Crippen LogP contribution in [0.25, 0.3) is 11.0 Å². The number of carboxylic acid groups (broad SMARTS) is 1. The smallest absolute Gasteiger partial charge is 0.300 e. The van der Waals surface area contributed by atoms with E-state index < -0.39 is 5.97 Å². The van der Waals surface area contributed by atoms with Crippen LogP contribution in [0.2, 0.25) is 0 Å². The molecular formula is C15H23N5O4. The molecule has 132 valence electrons. The third-order valence-corrected chi connectivity index (χ3v) is 3.89. The van der Waals surface area contributed by atoms with E-state index in [0.717, 1.165) is 38.4 Å². The van der Waals surface area contributed by atoms with Crippen molar-refractivity contribution in [2.24, 2.45) is 5.92 Å². The quantitative estimate of drug-likeness (QED) is 0.534. The van der Waals surface area contributed by atoms with Crippen LogP contribution in [0.5, 0.6) is 0 Å². The van der Waals surface area contributed by atoms with Crippen LogP contribution in [0, 0.1) is 5.92 Å². The Morgan fingerprint density at radius 2 is 2.25 bits per heavy atom. The highest BCUT2D eigenvalue weighted by molar-refractivity contribution is 5.78. The van der Waals surface area contributed by atoms with Gasteiger partial charge >= 0.3 is 0 Å². The van der Waals surface area contributed by atoms with Crippen molar-refractivity contribution in [3.63, 3.8) is 0 Å². The predicted octanol–water partition coefficient (Wildman–Crippen LogP) is 0.129. The molecule has 0 amide bonds. The number of aromatic nitrogens is 3. The topological polar surface area (TPSA) is 148 Å². The Labute approximate surface area is 138 Å². The number of likely N-dealkylation sites (tertiary alicyclic amines) is 1. The number of aromatic amines is 2. The van der Waals surface area contributed by atoms with Gasteiger partial charge in [0.05, 0.1) is 0 Å². The van der Waals surface area contributed by atoms with Crippen molar-refractivity contribution in [2.45, 2.75) is 26.3 Å². The minimum atomic E-state index is -0.833. The van der Waals surface area contributed by atoms with Crippen molar-refractivity contribution in [1.29, 1.82) is 0 Å². The number of rotatable bonds is 3. The molecule has 1 saturated heterocycles. The second-order valence-corrected chi connectivity index (χ2v) is 5.93. The van der Waals surface area contributed by atoms with Gasteiger partial charge in [0.15, 0.2) is 0 Å². The van der Waals surface area contributed by atoms with E-state index in [2.05, 4.69) is 19.9 Å². The van der Waals surface area contributed by atoms with Crippen molar-refractivity contribution < 1.29 is 15.0 Å². The lowest BCUT2D eigenvalue weighted by atomic mass is 9.99. The number of aliphatic hydroxyl groups excluding tert-OH is 1. The summed E-state index contributed by atoms with van der Waals surface area (Å²) in [5, 5.41) is 16.7. The first-order valence-electron chi connectivity index (χ1n) is 7.79. The van der Waals surface area contributed by atoms with Gasteiger partial charge in [-0.15, -0.1) is 0 Å². The minimum absolute atomic E-state index is 0.134. The molecule has 0 bridgehead atoms. The van der Waals surface area contributed by atoms with Crippen LogP contribution in [0.4, 0.5) is 5.95 Å². The molecule has 2 aromatic rings. The van der Waals surface area contributed by atoms with Gasteiger partial charge in [-0.3, -0.25) is 19.5 Å². The fourth-order valence-electron chi connectivity index (χ4n) is 2.89. The molecule has 0 spiro atoms. The number of nitrogens with one attached hydrogen (secondary N) is 2. The number of hydrogen-bond donors (Lipinski definition) is 5. The Bertz CT molecular complexity index is 750. The van der Waals surface area contributed by atoms with Gasteiger partial charge in [-0.2, -0.15) is 0 Å². The highest BCUT2D eigenvalue weighted by atomic mass is 16.4. The predicted molar refractivity (Wildman–Crippen MR) is 89.5 cm³/mol. The van der Waals surface area contributed by atoms with Crippen LogP contribution >= 0.6 is 0 Å². The number of H-pyrrole nitrogens is 2. The van der Waals surface area contributed by atoms with Crippen LogP contribution in [-0.4, -0.2) is 55.7 Å². The molecule has 1 aliphatic heterocycles. The molecular weight excluding hydrogens is 314 g/mol. The lowest BCUT2D eigenvalue weighted by Crippen LogP contribution is -2.36. The molecule has 2 aromatic heterocycles. The van der Waals surface area contributed by atoms with Gasteiger partial charge in [-0.1, -0.05) is 0 Å². The van der Waals surface area contributed by atoms with E-state index in [9.17, 15) is 9.90 Å². The third-order valence-electron chi connectivity index (χ3n) is 3.89. The van der Waals surface area contributed by atoms with E-state index in [1.54, 1.807) is 0 Å². The molecule has 0 saturated carbocycles. The number of aliphatic carboxylic acids is 1. The number of aliphatic hydroxyl groups is 1. The molecule has 0 aliphatic carbocycles. The van der Waals surface area contributed by atoms with E-state index in [-0.39, 0.29) is 18.1 Å². The van der Waals surface area contributed by atoms with E-state index in [4.69, 9.17) is 15.6 Å². The first kappa shape index (κ1) is 18.0. The van der Waals surface area contributed by atoms with Crippen LogP contribution in [0.15, 0.2) is 11.0 Å². The molecule has 3 rings (SSSR count). The van der Waals surface area contributed by atoms with Crippen molar-refractivity contribution in [2.75, 3.05) is 25.4 Å². The molecule has 6 N–H and O–H groups in total. The maximum Gasteiger partial charge on any atom is 0.300 e. The number of anilines is 1. The lowest BCUT2D eigenvalue weighted by Gasteiger charge is -2.31. The Hall–Kier alpha value is -2.39. The number of nitrogens with two attached hydrogens (primary N) is 1. The molecule has 9 nitrogen and oxygen atoms in total. The third kappa shape index (κ3) is 4.56. The Morgan fingerprint density at radius 1 is 1.54 bits per heavy atom. The van der Waals surface area contributed by atoms with Crippen LogP contribution in [0.3, 0.4) is 0 Å². The van der Waals surface area contributed by atoms with E-state index in [0.29, 0.717) is 23.5 Å². The number of hydrogen-bond acceptors (Lipinski definition) is 6. The number of carboxylic acids is 1. The molecule has 0 radical (unpaired) electrons. The molecule has 9 heteroatoms. The van der Waals surface area contributed by atoms with Gasteiger partial charge in [0.25, 0.3) is 11.5 Å². The average molecular weight is 337 g/mol. The zero-order valence-corrected chi connectivity index (χ0v) is 13.6. The van der Waals surface area contributed by atoms with E-state index in [1.807, 2.05) is 6.20 Å². The maximum absolute atomic E-state index is 11.7. The fourth-order valence-corrected chi connectivity index (χ4v) is 2.89. The summed E-state index contributed by atoms with van der Waals surface area (Å²) >= 11 is 0. The number of fused-ring (bicyclic) bond motifs is 1. The maximum atomic E-state index is 11.7. The first-order valence-corrected chi connectivity index (χ1v) is 7.79. The molecule has 0 aromatic carbocycles. The van der Waals surface area contributed by atoms with Gasteiger partial charge in [-0.05, 0) is 25.3 Å². The second kappa shape index (κ2) is 7.93. The summed E-state index contributed by atoms with van der Waals surface area (Å²) in [6, 6.07) is 0. The molecule has 1 aliphatic rings. The largest absolute Gasteiger partial charge is 0.481 e. The van der Waals surface area contributed by atoms with Gasteiger partial charge < -0.3 is 20.9 Å². The number of nitrogen functional groups attached to an aromatic ring is 1. The molecule has 1 unspecified atom stereocenters. The Morgan fingerprint density at radius 3 is 2.92 bits per heavy atom. The van der Waals surface area contributed by atoms with Crippen molar-refractivity contribution in [3.8, 4) is 0 Å². The summed E-state index contributed by atoms with van der Waals surface area (Å²) in [6.45, 7) is 3.91. The Balaban J connectivity index is 0.000000471. The summed E-state index contributed by atoms with van der Waals surface area (Å²) < 4.78 is 0. The van der Waals surface area contributed by atoms with Gasteiger partial charge in [0, 0.05) is 38.4 Å². The van der Waals surface area contributed by atoms with Gasteiger partial charge in [0.1, 0.15) is 11.0 Å². The zero-order chi connectivity index (χ0) is 17.7. The van der Waals surface area contributed by atoms with Crippen LogP contribution in [-0.2, 0) is 11.3 Å². The first-order chi connectivity index (χ1) is 11.4. The summed E-state index contributed by atoms with van der Waals surface area (Å²) in [7, 11) is 0. The fraction of sp³-hybridized carbons (Fsp3) is 0.533. The summed E-state index contributed by atoms with van der Waals surface area (Å²) in [5.74, 6) is -0.356. The normalized spacial score (nSPS) is 18.2. The monoisotopic (exact) mass is 337 g/mol. The summed E-state index contributed by atoms with van der Waals surface area (Å²) in [5.41, 5.74) is 7.43. The number of piperidine rings is 1. The van der Waals surface area contributed by atoms with Gasteiger partial charge in [0.2, 0.25) is 5.95 Å². The van der Waals surface area contributed by atoms with E-state index in [1.165, 1.54) is 0 Å². The van der Waals surface area contributed by atoms with Crippen molar-refractivity contribution >= 4 is 23.0 Å². The molecule has 3 heterocycles. The Kier molecular flexibility index (Phi) is 5.93. The standard InChI is InChI=1S/C13H19N5O2.C2H4O2/c14-13-16-10-9(4-15-11(10)12(20)17-13)6-18-3-1-2-8(5-18)7-19;1-2(3)4/h4,8,15,19H,1-3,5-7H2,(H3,14,16,17,20);1H3,(H,3,4). The molecule has 24 heavy (non-hydrogen) atoms. The average Bonchev–Trinajstić information content (AvgIpc) is 2.90. The van der Waals surface area contributed by atoms with Crippen molar-refractivity contribution in [3.05, 3.63) is 22.1 Å². The zero-order valence-electron chi connectivity index (χ0n) is 13.6. The van der Waals surface area contributed by atoms with E-state index >= 15 is 0 Å². The highest BCUT2D eigenvalue weighted by Crippen LogP contribution is 2.20. The van der Waals surface area contributed by atoms with Crippen molar-refractivity contribution in [1.82, 2.24) is 19.9 Å². The summed E-state index contributed by atoms with van der Waals surface area (Å²) in [6.07, 6.45) is 3.98. The second-order valence-electron chi connectivity index (χ2n) is 5.93. The summed E-state index contributed by atoms with van der Waals surface area (Å²) in [4.78, 5) is 32.7. The van der Waals surface area contributed by atoms with Gasteiger partial charge in [-0.25, -0.2) is 4.98 Å². The number of nitrogens with zero attached hydrogens (tertiary/aromatic N) is 2. The lowest BCUT2D eigenvalue weighted by molar-refractivity contribution is -0.134. The number of carbonyl (C=O) groups is 1. The molecule has 1 atom stereocenters. The molecule has 1 fully saturated rings. The van der Waals surface area contributed by atoms with Crippen LogP contribution < -0.4 is 11.3 Å². The minimum Gasteiger partial charge on any atom is -0.481 e. The highest BCUT2D eigenvalue weighted by Gasteiger charge is 2.20. The van der Waals surface area contributed by atoms with Crippen LogP contribution in [0.1, 0.15) is 25.3 Å². The SMILES string of the molecule is CC(=O)O.Nc1nc2c(CN3CCCC(CO)C3)c[nH]c2c(=O)[nH]1.